The van der Waals surface area contributed by atoms with E-state index in [0.717, 1.165) is 24.4 Å². The van der Waals surface area contributed by atoms with Crippen molar-refractivity contribution in [1.29, 1.82) is 0 Å². The van der Waals surface area contributed by atoms with Gasteiger partial charge in [-0.25, -0.2) is 4.79 Å². The summed E-state index contributed by atoms with van der Waals surface area (Å²) in [4.78, 5) is 26.7. The molecule has 1 aromatic heterocycles. The summed E-state index contributed by atoms with van der Waals surface area (Å²) in [6, 6.07) is 3.76. The normalized spacial score (nSPS) is 19.1. The summed E-state index contributed by atoms with van der Waals surface area (Å²) >= 11 is 1.48. The molecule has 1 fully saturated rings. The van der Waals surface area contributed by atoms with Gasteiger partial charge in [-0.3, -0.25) is 9.69 Å². The van der Waals surface area contributed by atoms with Crippen molar-refractivity contribution in [3.05, 3.63) is 22.4 Å². The third kappa shape index (κ3) is 5.42. The number of Topliss-reactive ketones (excluding diaryl/α,β-unsaturated/α-hetero) is 1. The van der Waals surface area contributed by atoms with Crippen molar-refractivity contribution >= 4 is 23.2 Å². The highest BCUT2D eigenvalue weighted by molar-refractivity contribution is 7.12. The van der Waals surface area contributed by atoms with Crippen LogP contribution in [0.5, 0.6) is 0 Å². The molecule has 1 atom stereocenters. The first-order chi connectivity index (χ1) is 10.3. The number of nitrogens with zero attached hydrogens (tertiary/aromatic N) is 1. The number of ether oxygens (including phenoxy) is 1. The summed E-state index contributed by atoms with van der Waals surface area (Å²) < 4.78 is 5.22. The molecule has 0 spiro atoms. The van der Waals surface area contributed by atoms with Crippen molar-refractivity contribution in [1.82, 2.24) is 10.2 Å². The number of thiophene rings is 1. The molecule has 0 saturated carbocycles. The Labute approximate surface area is 135 Å². The lowest BCUT2D eigenvalue weighted by atomic mass is 10.1. The van der Waals surface area contributed by atoms with E-state index in [1.165, 1.54) is 11.3 Å². The molecule has 0 radical (unpaired) electrons. The van der Waals surface area contributed by atoms with Gasteiger partial charge in [0.2, 0.25) is 0 Å². The van der Waals surface area contributed by atoms with Gasteiger partial charge in [0.1, 0.15) is 5.60 Å². The maximum atomic E-state index is 12.1. The third-order valence-corrected chi connectivity index (χ3v) is 4.38. The third-order valence-electron chi connectivity index (χ3n) is 3.47. The molecule has 0 unspecified atom stereocenters. The minimum absolute atomic E-state index is 0.177. The fourth-order valence-corrected chi connectivity index (χ4v) is 3.14. The van der Waals surface area contributed by atoms with Crippen molar-refractivity contribution in [2.24, 2.45) is 5.92 Å². The van der Waals surface area contributed by atoms with Crippen molar-refractivity contribution in [3.63, 3.8) is 0 Å². The molecule has 6 heteroatoms. The lowest BCUT2D eigenvalue weighted by molar-refractivity contribution is 0.0519. The monoisotopic (exact) mass is 324 g/mol. The number of alkyl carbamates (subject to hydrolysis) is 1. The first-order valence-corrected chi connectivity index (χ1v) is 8.47. The first kappa shape index (κ1) is 17.0. The average molecular weight is 324 g/mol. The Morgan fingerprint density at radius 1 is 1.45 bits per heavy atom. The predicted molar refractivity (Wildman–Crippen MR) is 87.4 cm³/mol. The molecular formula is C16H24N2O3S. The molecule has 22 heavy (non-hydrogen) atoms. The molecule has 0 aliphatic carbocycles. The number of carbonyl (C=O) groups is 2. The number of nitrogens with one attached hydrogen (secondary N) is 1. The molecule has 0 bridgehead atoms. The summed E-state index contributed by atoms with van der Waals surface area (Å²) in [7, 11) is 0. The van der Waals surface area contributed by atoms with Crippen LogP contribution >= 0.6 is 11.3 Å². The van der Waals surface area contributed by atoms with E-state index < -0.39 is 5.60 Å². The topological polar surface area (TPSA) is 58.6 Å². The van der Waals surface area contributed by atoms with E-state index in [0.29, 0.717) is 19.0 Å². The molecule has 0 aromatic carbocycles. The number of likely N-dealkylation sites (tertiary alicyclic amines) is 1. The minimum Gasteiger partial charge on any atom is -0.444 e. The Morgan fingerprint density at radius 2 is 2.23 bits per heavy atom. The van der Waals surface area contributed by atoms with E-state index in [2.05, 4.69) is 10.2 Å². The number of carbonyl (C=O) groups excluding carboxylic acids is 2. The fraction of sp³-hybridized carbons (Fsp3) is 0.625. The summed E-state index contributed by atoms with van der Waals surface area (Å²) in [6.07, 6.45) is 0.619. The van der Waals surface area contributed by atoms with Crippen LogP contribution in [0.3, 0.4) is 0 Å². The Hall–Kier alpha value is -1.40. The smallest absolute Gasteiger partial charge is 0.407 e. The second kappa shape index (κ2) is 7.24. The van der Waals surface area contributed by atoms with E-state index in [1.54, 1.807) is 0 Å². The van der Waals surface area contributed by atoms with E-state index in [9.17, 15) is 9.59 Å². The van der Waals surface area contributed by atoms with Gasteiger partial charge in [0, 0.05) is 13.1 Å². The van der Waals surface area contributed by atoms with Gasteiger partial charge in [-0.2, -0.15) is 0 Å². The highest BCUT2D eigenvalue weighted by atomic mass is 32.1. The Balaban J connectivity index is 1.69. The van der Waals surface area contributed by atoms with E-state index in [-0.39, 0.29) is 11.9 Å². The van der Waals surface area contributed by atoms with Crippen LogP contribution in [0.15, 0.2) is 17.5 Å². The number of amides is 1. The lowest BCUT2D eigenvalue weighted by Crippen LogP contribution is -2.36. The molecular weight excluding hydrogens is 300 g/mol. The van der Waals surface area contributed by atoms with Crippen LogP contribution in [-0.2, 0) is 4.74 Å². The van der Waals surface area contributed by atoms with Gasteiger partial charge >= 0.3 is 6.09 Å². The second-order valence-corrected chi connectivity index (χ2v) is 7.62. The molecule has 5 nitrogen and oxygen atoms in total. The van der Waals surface area contributed by atoms with Gasteiger partial charge in [-0.05, 0) is 51.1 Å². The van der Waals surface area contributed by atoms with Crippen LogP contribution < -0.4 is 5.32 Å². The molecule has 1 aliphatic heterocycles. The summed E-state index contributed by atoms with van der Waals surface area (Å²) in [5.41, 5.74) is -0.473. The van der Waals surface area contributed by atoms with Gasteiger partial charge in [0.25, 0.3) is 0 Å². The van der Waals surface area contributed by atoms with E-state index >= 15 is 0 Å². The molecule has 1 saturated heterocycles. The average Bonchev–Trinajstić information content (AvgIpc) is 3.05. The van der Waals surface area contributed by atoms with Crippen LogP contribution in [0.25, 0.3) is 0 Å². The van der Waals surface area contributed by atoms with Crippen LogP contribution in [0.4, 0.5) is 4.79 Å². The molecule has 2 rings (SSSR count). The quantitative estimate of drug-likeness (QED) is 0.846. The van der Waals surface area contributed by atoms with Crippen molar-refractivity contribution in [2.75, 3.05) is 26.2 Å². The zero-order valence-electron chi connectivity index (χ0n) is 13.4. The summed E-state index contributed by atoms with van der Waals surface area (Å²) in [5, 5.41) is 4.73. The first-order valence-electron chi connectivity index (χ1n) is 7.59. The Morgan fingerprint density at radius 3 is 2.86 bits per heavy atom. The van der Waals surface area contributed by atoms with Crippen LogP contribution in [-0.4, -0.2) is 48.6 Å². The number of rotatable bonds is 5. The molecule has 1 aliphatic rings. The zero-order chi connectivity index (χ0) is 16.2. The fourth-order valence-electron chi connectivity index (χ4n) is 2.48. The second-order valence-electron chi connectivity index (χ2n) is 6.67. The van der Waals surface area contributed by atoms with E-state index in [1.807, 2.05) is 38.3 Å². The molecule has 1 aromatic rings. The van der Waals surface area contributed by atoms with Crippen LogP contribution in [0, 0.1) is 5.92 Å². The SMILES string of the molecule is CC(C)(C)OC(=O)NC[C@H]1CCN(CC(=O)c2cccs2)C1. The number of hydrogen-bond acceptors (Lipinski definition) is 5. The summed E-state index contributed by atoms with van der Waals surface area (Å²) in [6.45, 7) is 8.34. The Bertz CT molecular complexity index is 508. The van der Waals surface area contributed by atoms with Gasteiger partial charge in [0.15, 0.2) is 5.78 Å². The Kier molecular flexibility index (Phi) is 5.58. The van der Waals surface area contributed by atoms with E-state index in [4.69, 9.17) is 4.74 Å². The maximum Gasteiger partial charge on any atom is 0.407 e. The van der Waals surface area contributed by atoms with Crippen molar-refractivity contribution in [3.8, 4) is 0 Å². The van der Waals surface area contributed by atoms with Gasteiger partial charge in [0.05, 0.1) is 11.4 Å². The highest BCUT2D eigenvalue weighted by Gasteiger charge is 2.25. The van der Waals surface area contributed by atoms with Gasteiger partial charge in [-0.15, -0.1) is 11.3 Å². The maximum absolute atomic E-state index is 12.1. The number of ketones is 1. The van der Waals surface area contributed by atoms with Crippen LogP contribution in [0.2, 0.25) is 0 Å². The standard InChI is InChI=1S/C16H24N2O3S/c1-16(2,3)21-15(20)17-9-12-6-7-18(10-12)11-13(19)14-5-4-8-22-14/h4-5,8,12H,6-7,9-11H2,1-3H3,(H,17,20)/t12-/m1/s1. The molecule has 122 valence electrons. The van der Waals surface area contributed by atoms with Crippen molar-refractivity contribution in [2.45, 2.75) is 32.8 Å². The number of hydrogen-bond donors (Lipinski definition) is 1. The minimum atomic E-state index is -0.473. The highest BCUT2D eigenvalue weighted by Crippen LogP contribution is 2.17. The van der Waals surface area contributed by atoms with Gasteiger partial charge in [-0.1, -0.05) is 6.07 Å². The van der Waals surface area contributed by atoms with Gasteiger partial charge < -0.3 is 10.1 Å². The van der Waals surface area contributed by atoms with Crippen molar-refractivity contribution < 1.29 is 14.3 Å². The lowest BCUT2D eigenvalue weighted by Gasteiger charge is -2.20. The summed E-state index contributed by atoms with van der Waals surface area (Å²) in [5.74, 6) is 0.555. The molecule has 1 N–H and O–H groups in total. The predicted octanol–water partition coefficient (Wildman–Crippen LogP) is 2.78. The molecule has 1 amide bonds. The van der Waals surface area contributed by atoms with Crippen LogP contribution in [0.1, 0.15) is 36.9 Å². The largest absolute Gasteiger partial charge is 0.444 e. The zero-order valence-corrected chi connectivity index (χ0v) is 14.2. The molecule has 2 heterocycles.